The molecule has 6 nitrogen and oxygen atoms in total. The van der Waals surface area contributed by atoms with Crippen molar-refractivity contribution in [2.24, 2.45) is 4.99 Å². The lowest BCUT2D eigenvalue weighted by atomic mass is 10.0. The third-order valence-corrected chi connectivity index (χ3v) is 5.30. The van der Waals surface area contributed by atoms with Gasteiger partial charge in [0.2, 0.25) is 0 Å². The fraction of sp³-hybridized carbons (Fsp3) is 0.500. The van der Waals surface area contributed by atoms with Gasteiger partial charge in [0, 0.05) is 37.6 Å². The second kappa shape index (κ2) is 10.9. The molecular formula is C22H30IN3O3. The molecule has 0 radical (unpaired) electrons. The summed E-state index contributed by atoms with van der Waals surface area (Å²) in [6.07, 6.45) is 5.67. The molecule has 2 aliphatic heterocycles. The SMILES string of the molecule is CC1CC(NC(=NCCc2ccco2)NC2CCOc3ccccc32)CCO1.I. The van der Waals surface area contributed by atoms with Gasteiger partial charge in [0.25, 0.3) is 0 Å². The first-order valence-electron chi connectivity index (χ1n) is 10.2. The van der Waals surface area contributed by atoms with Crippen LogP contribution < -0.4 is 15.4 Å². The van der Waals surface area contributed by atoms with E-state index < -0.39 is 0 Å². The van der Waals surface area contributed by atoms with Crippen LogP contribution in [0.1, 0.15) is 43.6 Å². The number of furan rings is 1. The van der Waals surface area contributed by atoms with E-state index in [9.17, 15) is 0 Å². The summed E-state index contributed by atoms with van der Waals surface area (Å²) in [6, 6.07) is 12.7. The van der Waals surface area contributed by atoms with Crippen LogP contribution in [0.3, 0.4) is 0 Å². The highest BCUT2D eigenvalue weighted by Gasteiger charge is 2.24. The zero-order valence-corrected chi connectivity index (χ0v) is 19.1. The molecule has 0 saturated carbocycles. The Morgan fingerprint density at radius 1 is 1.10 bits per heavy atom. The lowest BCUT2D eigenvalue weighted by molar-refractivity contribution is 0.0165. The van der Waals surface area contributed by atoms with Gasteiger partial charge in [-0.1, -0.05) is 18.2 Å². The van der Waals surface area contributed by atoms with Crippen molar-refractivity contribution in [3.8, 4) is 5.75 Å². The number of fused-ring (bicyclic) bond motifs is 1. The van der Waals surface area contributed by atoms with Crippen LogP contribution in [0.25, 0.3) is 0 Å². The second-order valence-electron chi connectivity index (χ2n) is 7.48. The largest absolute Gasteiger partial charge is 0.493 e. The molecule has 2 aliphatic rings. The number of halogens is 1. The third kappa shape index (κ3) is 6.12. The van der Waals surface area contributed by atoms with E-state index in [1.165, 1.54) is 5.56 Å². The van der Waals surface area contributed by atoms with Gasteiger partial charge >= 0.3 is 0 Å². The van der Waals surface area contributed by atoms with Gasteiger partial charge in [-0.15, -0.1) is 24.0 Å². The van der Waals surface area contributed by atoms with Crippen LogP contribution in [0, 0.1) is 0 Å². The molecule has 1 aromatic carbocycles. The minimum atomic E-state index is 0. The van der Waals surface area contributed by atoms with Gasteiger partial charge in [-0.05, 0) is 38.0 Å². The molecule has 3 unspecified atom stereocenters. The minimum Gasteiger partial charge on any atom is -0.493 e. The molecule has 4 rings (SSSR count). The van der Waals surface area contributed by atoms with Crippen molar-refractivity contribution in [1.29, 1.82) is 0 Å². The van der Waals surface area contributed by atoms with E-state index in [0.29, 0.717) is 19.2 Å². The van der Waals surface area contributed by atoms with Gasteiger partial charge in [0.15, 0.2) is 5.96 Å². The molecule has 2 aromatic rings. The highest BCUT2D eigenvalue weighted by atomic mass is 127. The Bertz CT molecular complexity index is 781. The van der Waals surface area contributed by atoms with Crippen molar-refractivity contribution in [2.45, 2.75) is 50.8 Å². The Morgan fingerprint density at radius 2 is 2.00 bits per heavy atom. The van der Waals surface area contributed by atoms with Crippen LogP contribution in [0.4, 0.5) is 0 Å². The average molecular weight is 511 g/mol. The zero-order chi connectivity index (χ0) is 19.2. The van der Waals surface area contributed by atoms with Crippen LogP contribution >= 0.6 is 24.0 Å². The van der Waals surface area contributed by atoms with E-state index in [1.54, 1.807) is 6.26 Å². The molecule has 2 N–H and O–H groups in total. The number of para-hydroxylation sites is 1. The second-order valence-corrected chi connectivity index (χ2v) is 7.48. The molecule has 1 saturated heterocycles. The molecule has 29 heavy (non-hydrogen) atoms. The van der Waals surface area contributed by atoms with Gasteiger partial charge < -0.3 is 24.5 Å². The van der Waals surface area contributed by atoms with Crippen LogP contribution in [0.5, 0.6) is 5.75 Å². The Balaban J connectivity index is 0.00000240. The molecule has 0 amide bonds. The summed E-state index contributed by atoms with van der Waals surface area (Å²) in [5.74, 6) is 2.77. The van der Waals surface area contributed by atoms with Gasteiger partial charge in [-0.2, -0.15) is 0 Å². The predicted molar refractivity (Wildman–Crippen MR) is 124 cm³/mol. The molecule has 158 valence electrons. The Hall–Kier alpha value is -1.74. The molecule has 0 spiro atoms. The van der Waals surface area contributed by atoms with Crippen LogP contribution in [0.15, 0.2) is 52.1 Å². The number of hydrogen-bond donors (Lipinski definition) is 2. The fourth-order valence-corrected chi connectivity index (χ4v) is 3.85. The number of ether oxygens (including phenoxy) is 2. The number of aliphatic imine (C=N–C) groups is 1. The number of guanidine groups is 1. The first kappa shape index (κ1) is 22.0. The molecular weight excluding hydrogens is 481 g/mol. The first-order chi connectivity index (χ1) is 13.8. The number of nitrogens with zero attached hydrogens (tertiary/aromatic N) is 1. The van der Waals surface area contributed by atoms with Crippen molar-refractivity contribution < 1.29 is 13.9 Å². The number of hydrogen-bond acceptors (Lipinski definition) is 4. The Morgan fingerprint density at radius 3 is 2.83 bits per heavy atom. The van der Waals surface area contributed by atoms with Crippen molar-refractivity contribution in [2.75, 3.05) is 19.8 Å². The average Bonchev–Trinajstić information content (AvgIpc) is 3.22. The van der Waals surface area contributed by atoms with Crippen molar-refractivity contribution in [1.82, 2.24) is 10.6 Å². The summed E-state index contributed by atoms with van der Waals surface area (Å²) >= 11 is 0. The van der Waals surface area contributed by atoms with Gasteiger partial charge in [0.05, 0.1) is 25.0 Å². The van der Waals surface area contributed by atoms with Gasteiger partial charge in [-0.25, -0.2) is 0 Å². The topological polar surface area (TPSA) is 68.0 Å². The standard InChI is InChI=1S/C22H29N3O3.HI/c1-16-15-17(9-13-26-16)24-22(23-11-8-18-5-4-12-27-18)25-20-10-14-28-21-7-3-2-6-19(20)21;/h2-7,12,16-17,20H,8-11,13-15H2,1H3,(H2,23,24,25);1H. The molecule has 7 heteroatoms. The maximum Gasteiger partial charge on any atom is 0.191 e. The van der Waals surface area contributed by atoms with E-state index in [2.05, 4.69) is 29.7 Å². The zero-order valence-electron chi connectivity index (χ0n) is 16.8. The van der Waals surface area contributed by atoms with Crippen molar-refractivity contribution >= 4 is 29.9 Å². The predicted octanol–water partition coefficient (Wildman–Crippen LogP) is 4.07. The minimum absolute atomic E-state index is 0. The normalized spacial score (nSPS) is 24.0. The Kier molecular flexibility index (Phi) is 8.23. The highest BCUT2D eigenvalue weighted by molar-refractivity contribution is 14.0. The third-order valence-electron chi connectivity index (χ3n) is 5.30. The van der Waals surface area contributed by atoms with Crippen LogP contribution in [0.2, 0.25) is 0 Å². The molecule has 0 aliphatic carbocycles. The lowest BCUT2D eigenvalue weighted by Gasteiger charge is -2.32. The fourth-order valence-electron chi connectivity index (χ4n) is 3.85. The van der Waals surface area contributed by atoms with Gasteiger partial charge in [0.1, 0.15) is 11.5 Å². The number of nitrogens with one attached hydrogen (secondary N) is 2. The van der Waals surface area contributed by atoms with E-state index in [1.807, 2.05) is 24.3 Å². The van der Waals surface area contributed by atoms with Crippen molar-refractivity contribution in [3.63, 3.8) is 0 Å². The summed E-state index contributed by atoms with van der Waals surface area (Å²) < 4.78 is 16.9. The summed E-state index contributed by atoms with van der Waals surface area (Å²) in [5.41, 5.74) is 1.19. The number of rotatable bonds is 5. The number of benzene rings is 1. The summed E-state index contributed by atoms with van der Waals surface area (Å²) in [5, 5.41) is 7.27. The maximum absolute atomic E-state index is 5.80. The smallest absolute Gasteiger partial charge is 0.191 e. The van der Waals surface area contributed by atoms with E-state index in [4.69, 9.17) is 18.9 Å². The quantitative estimate of drug-likeness (QED) is 0.360. The summed E-state index contributed by atoms with van der Waals surface area (Å²) in [7, 11) is 0. The molecule has 3 heterocycles. The van der Waals surface area contributed by atoms with Crippen LogP contribution in [-0.4, -0.2) is 37.9 Å². The Labute approximate surface area is 189 Å². The van der Waals surface area contributed by atoms with Crippen molar-refractivity contribution in [3.05, 3.63) is 54.0 Å². The monoisotopic (exact) mass is 511 g/mol. The van der Waals surface area contributed by atoms with Gasteiger partial charge in [-0.3, -0.25) is 4.99 Å². The molecule has 1 aromatic heterocycles. The molecule has 1 fully saturated rings. The van der Waals surface area contributed by atoms with E-state index in [0.717, 1.165) is 49.8 Å². The first-order valence-corrected chi connectivity index (χ1v) is 10.2. The lowest BCUT2D eigenvalue weighted by Crippen LogP contribution is -2.48. The highest BCUT2D eigenvalue weighted by Crippen LogP contribution is 2.31. The summed E-state index contributed by atoms with van der Waals surface area (Å²) in [4.78, 5) is 4.84. The maximum atomic E-state index is 5.80. The van der Waals surface area contributed by atoms with E-state index in [-0.39, 0.29) is 36.1 Å². The summed E-state index contributed by atoms with van der Waals surface area (Å²) in [6.45, 7) is 4.30. The van der Waals surface area contributed by atoms with Crippen LogP contribution in [-0.2, 0) is 11.2 Å². The molecule has 3 atom stereocenters. The molecule has 0 bridgehead atoms. The van der Waals surface area contributed by atoms with E-state index >= 15 is 0 Å².